The minimum atomic E-state index is -0.183. The standard InChI is InChI=1S/C26H29N5O2S/c1-15-12-28-25(26(5,6)7)30-23(15)21-11-20(8-9-27-21)31-16(2)10-22(17(3)24(31)32)33-13-19-14-34-18(4)29-19/h8-12,14H,13H2,1-7H3. The highest BCUT2D eigenvalue weighted by Crippen LogP contribution is 2.26. The van der Waals surface area contributed by atoms with E-state index in [9.17, 15) is 4.79 Å². The van der Waals surface area contributed by atoms with E-state index in [4.69, 9.17) is 9.72 Å². The van der Waals surface area contributed by atoms with Crippen molar-refractivity contribution in [1.82, 2.24) is 24.5 Å². The maximum absolute atomic E-state index is 13.3. The van der Waals surface area contributed by atoms with E-state index in [1.54, 1.807) is 29.0 Å². The van der Waals surface area contributed by atoms with Crippen molar-refractivity contribution in [3.8, 4) is 22.8 Å². The smallest absolute Gasteiger partial charge is 0.261 e. The molecule has 0 spiro atoms. The zero-order valence-corrected chi connectivity index (χ0v) is 21.4. The van der Waals surface area contributed by atoms with E-state index in [0.717, 1.165) is 39.2 Å². The Hall–Kier alpha value is -3.39. The van der Waals surface area contributed by atoms with Crippen LogP contribution in [0.1, 0.15) is 54.1 Å². The minimum Gasteiger partial charge on any atom is -0.487 e. The Balaban J connectivity index is 1.72. The molecule has 0 bridgehead atoms. The first-order valence-corrected chi connectivity index (χ1v) is 12.0. The van der Waals surface area contributed by atoms with Crippen molar-refractivity contribution in [2.24, 2.45) is 0 Å². The van der Waals surface area contributed by atoms with Gasteiger partial charge in [0.25, 0.3) is 5.56 Å². The van der Waals surface area contributed by atoms with Gasteiger partial charge in [-0.1, -0.05) is 20.8 Å². The molecule has 4 aromatic heterocycles. The van der Waals surface area contributed by atoms with E-state index in [-0.39, 0.29) is 11.0 Å². The predicted octanol–water partition coefficient (Wildman–Crippen LogP) is 5.26. The quantitative estimate of drug-likeness (QED) is 0.392. The average Bonchev–Trinajstić information content (AvgIpc) is 3.20. The Morgan fingerprint density at radius 2 is 1.82 bits per heavy atom. The summed E-state index contributed by atoms with van der Waals surface area (Å²) in [5.41, 5.74) is 4.99. The predicted molar refractivity (Wildman–Crippen MR) is 135 cm³/mol. The molecule has 0 saturated heterocycles. The normalized spacial score (nSPS) is 11.6. The van der Waals surface area contributed by atoms with Crippen LogP contribution in [0.15, 0.2) is 40.8 Å². The molecule has 4 aromatic rings. The van der Waals surface area contributed by atoms with Crippen LogP contribution in [0, 0.1) is 27.7 Å². The van der Waals surface area contributed by atoms with Gasteiger partial charge in [-0.25, -0.2) is 15.0 Å². The van der Waals surface area contributed by atoms with Gasteiger partial charge in [0, 0.05) is 34.9 Å². The lowest BCUT2D eigenvalue weighted by Gasteiger charge is -2.18. The molecule has 4 heterocycles. The molecule has 0 aliphatic rings. The molecule has 0 aliphatic carbocycles. The van der Waals surface area contributed by atoms with Crippen molar-refractivity contribution < 1.29 is 4.74 Å². The second kappa shape index (κ2) is 9.10. The summed E-state index contributed by atoms with van der Waals surface area (Å²) in [4.78, 5) is 31.6. The summed E-state index contributed by atoms with van der Waals surface area (Å²) in [7, 11) is 0. The highest BCUT2D eigenvalue weighted by atomic mass is 32.1. The van der Waals surface area contributed by atoms with Crippen molar-refractivity contribution in [3.63, 3.8) is 0 Å². The second-order valence-electron chi connectivity index (χ2n) is 9.44. The maximum Gasteiger partial charge on any atom is 0.261 e. The highest BCUT2D eigenvalue weighted by molar-refractivity contribution is 7.09. The van der Waals surface area contributed by atoms with Crippen molar-refractivity contribution in [2.75, 3.05) is 0 Å². The van der Waals surface area contributed by atoms with Crippen molar-refractivity contribution in [3.05, 3.63) is 79.7 Å². The van der Waals surface area contributed by atoms with E-state index in [0.29, 0.717) is 23.6 Å². The largest absolute Gasteiger partial charge is 0.487 e. The van der Waals surface area contributed by atoms with Gasteiger partial charge in [-0.2, -0.15) is 0 Å². The van der Waals surface area contributed by atoms with E-state index >= 15 is 0 Å². The first kappa shape index (κ1) is 23.8. The van der Waals surface area contributed by atoms with Gasteiger partial charge in [0.15, 0.2) is 0 Å². The fraction of sp³-hybridized carbons (Fsp3) is 0.346. The van der Waals surface area contributed by atoms with Gasteiger partial charge < -0.3 is 4.74 Å². The SMILES string of the molecule is Cc1nc(COc2cc(C)n(-c3ccnc(-c4nc(C(C)(C)C)ncc4C)c3)c(=O)c2C)cs1. The topological polar surface area (TPSA) is 82.8 Å². The van der Waals surface area contributed by atoms with Crippen LogP contribution in [0.5, 0.6) is 5.75 Å². The van der Waals surface area contributed by atoms with Gasteiger partial charge in [0.1, 0.15) is 18.2 Å². The number of hydrogen-bond donors (Lipinski definition) is 0. The molecule has 34 heavy (non-hydrogen) atoms. The highest BCUT2D eigenvalue weighted by Gasteiger charge is 2.20. The summed E-state index contributed by atoms with van der Waals surface area (Å²) in [6.45, 7) is 14.2. The van der Waals surface area contributed by atoms with Crippen molar-refractivity contribution in [2.45, 2.75) is 60.5 Å². The summed E-state index contributed by atoms with van der Waals surface area (Å²) in [6.07, 6.45) is 3.54. The Morgan fingerprint density at radius 1 is 1.06 bits per heavy atom. The first-order valence-electron chi connectivity index (χ1n) is 11.1. The summed E-state index contributed by atoms with van der Waals surface area (Å²) in [5, 5.41) is 2.96. The number of nitrogens with zero attached hydrogens (tertiary/aromatic N) is 5. The second-order valence-corrected chi connectivity index (χ2v) is 10.5. The van der Waals surface area contributed by atoms with Gasteiger partial charge in [-0.3, -0.25) is 14.3 Å². The zero-order valence-electron chi connectivity index (χ0n) is 20.6. The lowest BCUT2D eigenvalue weighted by Crippen LogP contribution is -2.23. The monoisotopic (exact) mass is 475 g/mol. The third-order valence-electron chi connectivity index (χ3n) is 5.52. The van der Waals surface area contributed by atoms with Gasteiger partial charge in [0.2, 0.25) is 0 Å². The molecule has 0 unspecified atom stereocenters. The Kier molecular flexibility index (Phi) is 6.36. The van der Waals surface area contributed by atoms with Gasteiger partial charge in [0.05, 0.1) is 33.3 Å². The van der Waals surface area contributed by atoms with Crippen molar-refractivity contribution >= 4 is 11.3 Å². The third-order valence-corrected chi connectivity index (χ3v) is 6.34. The fourth-order valence-corrected chi connectivity index (χ4v) is 4.24. The lowest BCUT2D eigenvalue weighted by atomic mass is 9.95. The summed E-state index contributed by atoms with van der Waals surface area (Å²) in [6, 6.07) is 5.62. The summed E-state index contributed by atoms with van der Waals surface area (Å²) in [5.74, 6) is 1.32. The maximum atomic E-state index is 13.3. The molecule has 0 amide bonds. The fourth-order valence-electron chi connectivity index (χ4n) is 3.64. The molecule has 0 fully saturated rings. The van der Waals surface area contributed by atoms with Crippen LogP contribution in [0.4, 0.5) is 0 Å². The molecule has 0 atom stereocenters. The van der Waals surface area contributed by atoms with Crippen LogP contribution >= 0.6 is 11.3 Å². The van der Waals surface area contributed by atoms with Gasteiger partial charge in [-0.05, 0) is 45.4 Å². The molecule has 0 aliphatic heterocycles. The van der Waals surface area contributed by atoms with Crippen LogP contribution in [-0.4, -0.2) is 24.5 Å². The molecule has 4 rings (SSSR count). The van der Waals surface area contributed by atoms with Gasteiger partial charge in [-0.15, -0.1) is 11.3 Å². The Labute approximate surface area is 203 Å². The summed E-state index contributed by atoms with van der Waals surface area (Å²) < 4.78 is 7.63. The first-order chi connectivity index (χ1) is 16.0. The van der Waals surface area contributed by atoms with Crippen LogP contribution < -0.4 is 10.3 Å². The van der Waals surface area contributed by atoms with Crippen molar-refractivity contribution in [1.29, 1.82) is 0 Å². The average molecular weight is 476 g/mol. The zero-order chi connectivity index (χ0) is 24.6. The number of thiazole rings is 1. The van der Waals surface area contributed by atoms with E-state index in [2.05, 4.69) is 35.7 Å². The minimum absolute atomic E-state index is 0.128. The van der Waals surface area contributed by atoms with E-state index in [1.165, 1.54) is 0 Å². The Morgan fingerprint density at radius 3 is 2.50 bits per heavy atom. The molecule has 0 saturated carbocycles. The molecule has 8 heteroatoms. The molecule has 176 valence electrons. The summed E-state index contributed by atoms with van der Waals surface area (Å²) >= 11 is 1.58. The van der Waals surface area contributed by atoms with Gasteiger partial charge >= 0.3 is 0 Å². The van der Waals surface area contributed by atoms with Crippen LogP contribution in [0.25, 0.3) is 17.1 Å². The van der Waals surface area contributed by atoms with E-state index < -0.39 is 0 Å². The number of aryl methyl sites for hydroxylation is 3. The number of rotatable bonds is 5. The molecule has 0 aromatic carbocycles. The number of aromatic nitrogens is 5. The van der Waals surface area contributed by atoms with Crippen LogP contribution in [0.2, 0.25) is 0 Å². The molecular weight excluding hydrogens is 446 g/mol. The van der Waals surface area contributed by atoms with E-state index in [1.807, 2.05) is 50.5 Å². The number of hydrogen-bond acceptors (Lipinski definition) is 7. The lowest BCUT2D eigenvalue weighted by molar-refractivity contribution is 0.298. The van der Waals surface area contributed by atoms with Crippen LogP contribution in [-0.2, 0) is 12.0 Å². The Bertz CT molecular complexity index is 1420. The molecule has 7 nitrogen and oxygen atoms in total. The van der Waals surface area contributed by atoms with Crippen LogP contribution in [0.3, 0.4) is 0 Å². The number of pyridine rings is 2. The third kappa shape index (κ3) is 4.77. The number of ether oxygens (including phenoxy) is 1. The molecular formula is C26H29N5O2S. The molecule has 0 N–H and O–H groups in total. The molecule has 0 radical (unpaired) electrons.